The third-order valence-corrected chi connectivity index (χ3v) is 2.70. The van der Waals surface area contributed by atoms with Gasteiger partial charge in [0.05, 0.1) is 0 Å². The van der Waals surface area contributed by atoms with Gasteiger partial charge in [0.25, 0.3) is 5.97 Å². The summed E-state index contributed by atoms with van der Waals surface area (Å²) in [7, 11) is 0. The Morgan fingerprint density at radius 2 is 1.19 bits per heavy atom. The minimum absolute atomic E-state index is 0.567. The Labute approximate surface area is 113 Å². The minimum Gasteiger partial charge on any atom is -0.481 e. The lowest BCUT2D eigenvalue weighted by molar-refractivity contribution is -0.134. The van der Waals surface area contributed by atoms with Crippen LogP contribution in [0.15, 0.2) is 0 Å². The molecule has 0 amide bonds. The summed E-state index contributed by atoms with van der Waals surface area (Å²) in [6.07, 6.45) is 9.57. The van der Waals surface area contributed by atoms with Gasteiger partial charge in [0.15, 0.2) is 3.79 Å². The SMILES string of the molecule is C1CCCCC1.CC(=O)O.CCC(Cl)(Cl)Cl. The maximum Gasteiger partial charge on any atom is 0.300 e. The second-order valence-electron chi connectivity index (χ2n) is 3.61. The fourth-order valence-electron chi connectivity index (χ4n) is 1.06. The lowest BCUT2D eigenvalue weighted by atomic mass is 10.0. The minimum atomic E-state index is -1.04. The Morgan fingerprint density at radius 1 is 1.06 bits per heavy atom. The highest BCUT2D eigenvalue weighted by molar-refractivity contribution is 6.67. The summed E-state index contributed by atoms with van der Waals surface area (Å²) in [5.41, 5.74) is 0. The van der Waals surface area contributed by atoms with Gasteiger partial charge in [0.2, 0.25) is 0 Å². The summed E-state index contributed by atoms with van der Waals surface area (Å²) in [6.45, 7) is 2.90. The van der Waals surface area contributed by atoms with Gasteiger partial charge in [0.1, 0.15) is 0 Å². The Kier molecular flexibility index (Phi) is 13.8. The van der Waals surface area contributed by atoms with E-state index in [1.54, 1.807) is 0 Å². The summed E-state index contributed by atoms with van der Waals surface area (Å²) in [4.78, 5) is 9.00. The van der Waals surface area contributed by atoms with Crippen molar-refractivity contribution in [3.8, 4) is 0 Å². The van der Waals surface area contributed by atoms with Gasteiger partial charge in [0, 0.05) is 6.92 Å². The molecule has 1 fully saturated rings. The maximum absolute atomic E-state index is 9.00. The molecule has 1 aliphatic carbocycles. The van der Waals surface area contributed by atoms with E-state index in [-0.39, 0.29) is 0 Å². The van der Waals surface area contributed by atoms with Crippen molar-refractivity contribution in [1.82, 2.24) is 0 Å². The summed E-state index contributed by atoms with van der Waals surface area (Å²) in [5, 5.41) is 7.42. The van der Waals surface area contributed by atoms with Crippen LogP contribution in [0.5, 0.6) is 0 Å². The summed E-state index contributed by atoms with van der Waals surface area (Å²) < 4.78 is -1.04. The molecule has 0 heterocycles. The first-order valence-corrected chi connectivity index (χ1v) is 6.69. The first-order chi connectivity index (χ1) is 7.29. The normalized spacial score (nSPS) is 15.1. The topological polar surface area (TPSA) is 37.3 Å². The molecular formula is C11H21Cl3O2. The van der Waals surface area contributed by atoms with Crippen LogP contribution < -0.4 is 0 Å². The molecule has 0 unspecified atom stereocenters. The molecule has 0 saturated heterocycles. The number of aliphatic carboxylic acids is 1. The van der Waals surface area contributed by atoms with Crippen molar-refractivity contribution >= 4 is 40.8 Å². The molecule has 0 radical (unpaired) electrons. The van der Waals surface area contributed by atoms with Crippen LogP contribution >= 0.6 is 34.8 Å². The molecule has 0 aromatic carbocycles. The lowest BCUT2D eigenvalue weighted by Crippen LogP contribution is -1.95. The molecule has 0 spiro atoms. The highest BCUT2D eigenvalue weighted by Crippen LogP contribution is 2.28. The molecule has 1 rings (SSSR count). The number of hydrogen-bond acceptors (Lipinski definition) is 1. The molecule has 1 aliphatic rings. The van der Waals surface area contributed by atoms with Crippen molar-refractivity contribution < 1.29 is 9.90 Å². The molecule has 0 atom stereocenters. The predicted octanol–water partition coefficient (Wildman–Crippen LogP) is 5.20. The highest BCUT2D eigenvalue weighted by atomic mass is 35.6. The third-order valence-electron chi connectivity index (χ3n) is 1.90. The first-order valence-electron chi connectivity index (χ1n) is 5.56. The van der Waals surface area contributed by atoms with Crippen molar-refractivity contribution in [1.29, 1.82) is 0 Å². The van der Waals surface area contributed by atoms with Crippen molar-refractivity contribution in [2.45, 2.75) is 62.6 Å². The second-order valence-corrected chi connectivity index (χ2v) is 6.13. The molecule has 2 nitrogen and oxygen atoms in total. The van der Waals surface area contributed by atoms with Crippen LogP contribution in [-0.2, 0) is 4.79 Å². The Bertz CT molecular complexity index is 148. The maximum atomic E-state index is 9.00. The van der Waals surface area contributed by atoms with Crippen LogP contribution in [0.4, 0.5) is 0 Å². The summed E-state index contributed by atoms with van der Waals surface area (Å²) >= 11 is 15.7. The Balaban J connectivity index is 0. The van der Waals surface area contributed by atoms with E-state index >= 15 is 0 Å². The molecule has 16 heavy (non-hydrogen) atoms. The molecule has 0 aromatic heterocycles. The number of carboxylic acid groups (broad SMARTS) is 1. The number of hydrogen-bond donors (Lipinski definition) is 1. The molecule has 1 saturated carbocycles. The van der Waals surface area contributed by atoms with Crippen molar-refractivity contribution in [2.75, 3.05) is 0 Å². The van der Waals surface area contributed by atoms with Crippen molar-refractivity contribution in [3.05, 3.63) is 0 Å². The van der Waals surface area contributed by atoms with E-state index in [9.17, 15) is 0 Å². The standard InChI is InChI=1S/C6H12.C3H5Cl3.C2H4O2/c1-2-4-6-5-3-1;1-2-3(4,5)6;1-2(3)4/h1-6H2;2H2,1H3;1H3,(H,3,4). The largest absolute Gasteiger partial charge is 0.481 e. The Hall–Kier alpha value is 0.340. The summed E-state index contributed by atoms with van der Waals surface area (Å²) in [6, 6.07) is 0. The lowest BCUT2D eigenvalue weighted by Gasteiger charge is -2.05. The van der Waals surface area contributed by atoms with E-state index < -0.39 is 9.76 Å². The van der Waals surface area contributed by atoms with E-state index in [0.29, 0.717) is 6.42 Å². The van der Waals surface area contributed by atoms with Crippen molar-refractivity contribution in [2.24, 2.45) is 0 Å². The zero-order chi connectivity index (χ0) is 13.0. The van der Waals surface area contributed by atoms with E-state index in [0.717, 1.165) is 6.92 Å². The fourth-order valence-corrected chi connectivity index (χ4v) is 1.06. The molecule has 0 aromatic rings. The molecular weight excluding hydrogens is 270 g/mol. The van der Waals surface area contributed by atoms with E-state index in [4.69, 9.17) is 44.7 Å². The van der Waals surface area contributed by atoms with Crippen molar-refractivity contribution in [3.63, 3.8) is 0 Å². The summed E-state index contributed by atoms with van der Waals surface area (Å²) in [5.74, 6) is -0.833. The van der Waals surface area contributed by atoms with Crippen LogP contribution in [0.25, 0.3) is 0 Å². The predicted molar refractivity (Wildman–Crippen MR) is 71.6 cm³/mol. The number of carbonyl (C=O) groups is 1. The first kappa shape index (κ1) is 18.7. The zero-order valence-electron chi connectivity index (χ0n) is 9.94. The highest BCUT2D eigenvalue weighted by Gasteiger charge is 2.14. The van der Waals surface area contributed by atoms with Gasteiger partial charge in [-0.15, -0.1) is 0 Å². The van der Waals surface area contributed by atoms with Gasteiger partial charge in [-0.05, 0) is 6.42 Å². The average Bonchev–Trinajstić information content (AvgIpc) is 2.19. The van der Waals surface area contributed by atoms with Gasteiger partial charge < -0.3 is 5.11 Å². The quantitative estimate of drug-likeness (QED) is 0.623. The van der Waals surface area contributed by atoms with Gasteiger partial charge in [-0.2, -0.15) is 0 Å². The number of rotatable bonds is 0. The average molecular weight is 292 g/mol. The number of carboxylic acids is 1. The van der Waals surface area contributed by atoms with Crippen LogP contribution in [0.3, 0.4) is 0 Å². The van der Waals surface area contributed by atoms with E-state index in [1.807, 2.05) is 6.92 Å². The molecule has 1 N–H and O–H groups in total. The Morgan fingerprint density at radius 3 is 1.25 bits per heavy atom. The van der Waals surface area contributed by atoms with E-state index in [2.05, 4.69) is 0 Å². The third kappa shape index (κ3) is 29.3. The van der Waals surface area contributed by atoms with Gasteiger partial charge >= 0.3 is 0 Å². The van der Waals surface area contributed by atoms with E-state index in [1.165, 1.54) is 38.5 Å². The van der Waals surface area contributed by atoms with Gasteiger partial charge in [-0.1, -0.05) is 80.3 Å². The second kappa shape index (κ2) is 11.8. The van der Waals surface area contributed by atoms with Crippen LogP contribution in [0.2, 0.25) is 0 Å². The zero-order valence-corrected chi connectivity index (χ0v) is 12.2. The molecule has 0 aliphatic heterocycles. The van der Waals surface area contributed by atoms with Crippen LogP contribution in [-0.4, -0.2) is 14.9 Å². The smallest absolute Gasteiger partial charge is 0.300 e. The van der Waals surface area contributed by atoms with Crippen LogP contribution in [0.1, 0.15) is 58.8 Å². The van der Waals surface area contributed by atoms with Crippen LogP contribution in [0, 0.1) is 0 Å². The molecule has 5 heteroatoms. The monoisotopic (exact) mass is 290 g/mol. The number of alkyl halides is 3. The fraction of sp³-hybridized carbons (Fsp3) is 0.909. The van der Waals surface area contributed by atoms with Gasteiger partial charge in [-0.3, -0.25) is 4.79 Å². The van der Waals surface area contributed by atoms with Gasteiger partial charge in [-0.25, -0.2) is 0 Å². The molecule has 0 bridgehead atoms. The number of halogens is 3. The molecule has 98 valence electrons.